The smallest absolute Gasteiger partial charge is 0.434 e. The molecule has 4 rings (SSSR count). The van der Waals surface area contributed by atoms with Gasteiger partial charge in [-0.05, 0) is 49.1 Å². The summed E-state index contributed by atoms with van der Waals surface area (Å²) >= 11 is 0. The zero-order chi connectivity index (χ0) is 28.5. The Morgan fingerprint density at radius 1 is 0.925 bits per heavy atom. The minimum Gasteiger partial charge on any atom is -0.434 e. The normalized spacial score (nSPS) is 11.5. The molecule has 9 heteroatoms. The number of carbonyl (C=O) groups is 1. The van der Waals surface area contributed by atoms with Crippen molar-refractivity contribution in [3.63, 3.8) is 0 Å². The van der Waals surface area contributed by atoms with Crippen LogP contribution in [0.25, 0.3) is 22.2 Å². The van der Waals surface area contributed by atoms with Gasteiger partial charge in [0.15, 0.2) is 0 Å². The molecule has 1 N–H and O–H groups in total. The zero-order valence-electron chi connectivity index (χ0n) is 23.4. The van der Waals surface area contributed by atoms with E-state index in [1.165, 1.54) is 0 Å². The summed E-state index contributed by atoms with van der Waals surface area (Å²) in [4.78, 5) is 16.8. The van der Waals surface area contributed by atoms with Crippen LogP contribution in [0.1, 0.15) is 57.8 Å². The molecule has 212 valence electrons. The van der Waals surface area contributed by atoms with E-state index >= 15 is 0 Å². The molecule has 40 heavy (non-hydrogen) atoms. The highest BCUT2D eigenvalue weighted by molar-refractivity contribution is 7.92. The van der Waals surface area contributed by atoms with E-state index < -0.39 is 16.2 Å². The number of fused-ring (bicyclic) bond motifs is 1. The summed E-state index contributed by atoms with van der Waals surface area (Å²) < 4.78 is 40.8. The third-order valence-electron chi connectivity index (χ3n) is 6.58. The molecular weight excluding hydrogens is 526 g/mol. The van der Waals surface area contributed by atoms with Gasteiger partial charge in [-0.15, -0.1) is 0 Å². The lowest BCUT2D eigenvalue weighted by molar-refractivity contribution is 0.104. The van der Waals surface area contributed by atoms with Crippen molar-refractivity contribution < 1.29 is 22.7 Å². The Balaban J connectivity index is 1.67. The quantitative estimate of drug-likeness (QED) is 0.137. The lowest BCUT2D eigenvalue weighted by Gasteiger charge is -2.14. The van der Waals surface area contributed by atoms with E-state index in [2.05, 4.69) is 16.2 Å². The van der Waals surface area contributed by atoms with Crippen LogP contribution in [0.15, 0.2) is 66.7 Å². The third kappa shape index (κ3) is 7.21. The second-order valence-electron chi connectivity index (χ2n) is 9.64. The minimum absolute atomic E-state index is 0.0829. The van der Waals surface area contributed by atoms with Crippen molar-refractivity contribution >= 4 is 32.9 Å². The number of hydrogen-bond donors (Lipinski definition) is 1. The molecule has 0 aliphatic carbocycles. The summed E-state index contributed by atoms with van der Waals surface area (Å²) in [7, 11) is -3.47. The molecule has 0 saturated heterocycles. The number of benzene rings is 3. The van der Waals surface area contributed by atoms with Crippen LogP contribution < -0.4 is 9.46 Å². The number of imidazole rings is 1. The lowest BCUT2D eigenvalue weighted by atomic mass is 10.0. The highest BCUT2D eigenvalue weighted by Gasteiger charge is 2.18. The number of unbranched alkanes of at least 4 members (excludes halogenated alkanes) is 2. The molecule has 0 fully saturated rings. The van der Waals surface area contributed by atoms with Crippen LogP contribution in [0.3, 0.4) is 0 Å². The summed E-state index contributed by atoms with van der Waals surface area (Å²) in [5.74, 6) is 1.44. The molecule has 0 atom stereocenters. The predicted octanol–water partition coefficient (Wildman–Crippen LogP) is 7.17. The van der Waals surface area contributed by atoms with E-state index in [0.717, 1.165) is 59.2 Å². The van der Waals surface area contributed by atoms with Crippen molar-refractivity contribution in [1.29, 1.82) is 0 Å². The first-order chi connectivity index (χ1) is 19.3. The first-order valence-electron chi connectivity index (χ1n) is 13.9. The fourth-order valence-electron chi connectivity index (χ4n) is 4.57. The Kier molecular flexibility index (Phi) is 9.82. The predicted molar refractivity (Wildman–Crippen MR) is 159 cm³/mol. The molecule has 0 aliphatic rings. The van der Waals surface area contributed by atoms with Gasteiger partial charge in [0.1, 0.15) is 11.6 Å². The highest BCUT2D eigenvalue weighted by atomic mass is 32.2. The van der Waals surface area contributed by atoms with Gasteiger partial charge in [-0.2, -0.15) is 0 Å². The van der Waals surface area contributed by atoms with Crippen LogP contribution in [-0.4, -0.2) is 36.5 Å². The third-order valence-corrected chi connectivity index (χ3v) is 7.94. The number of sulfonamides is 1. The Morgan fingerprint density at radius 2 is 1.68 bits per heavy atom. The number of carbonyl (C=O) groups excluding carboxylic acids is 1. The molecule has 1 aromatic heterocycles. The maximum atomic E-state index is 12.8. The van der Waals surface area contributed by atoms with E-state index in [4.69, 9.17) is 14.5 Å². The summed E-state index contributed by atoms with van der Waals surface area (Å²) in [5.41, 5.74) is 4.81. The highest BCUT2D eigenvalue weighted by Crippen LogP contribution is 2.32. The topological polar surface area (TPSA) is 99.5 Å². The van der Waals surface area contributed by atoms with Crippen LogP contribution in [0.2, 0.25) is 0 Å². The molecule has 0 unspecified atom stereocenters. The number of hydrogen-bond acceptors (Lipinski definition) is 6. The number of aryl methyl sites for hydroxylation is 1. The van der Waals surface area contributed by atoms with Gasteiger partial charge >= 0.3 is 6.16 Å². The van der Waals surface area contributed by atoms with Gasteiger partial charge in [-0.3, -0.25) is 4.72 Å². The molecule has 0 bridgehead atoms. The molecule has 3 aromatic carbocycles. The molecule has 0 radical (unpaired) electrons. The van der Waals surface area contributed by atoms with Crippen molar-refractivity contribution in [2.45, 2.75) is 59.4 Å². The molecule has 0 aliphatic heterocycles. The van der Waals surface area contributed by atoms with Gasteiger partial charge in [0, 0.05) is 18.5 Å². The average Bonchev–Trinajstić information content (AvgIpc) is 3.29. The van der Waals surface area contributed by atoms with Gasteiger partial charge in [0.05, 0.1) is 29.1 Å². The molecule has 4 aromatic rings. The minimum atomic E-state index is -3.47. The van der Waals surface area contributed by atoms with Crippen LogP contribution >= 0.6 is 0 Å². The summed E-state index contributed by atoms with van der Waals surface area (Å²) in [6.45, 7) is 6.61. The molecule has 0 amide bonds. The molecule has 0 spiro atoms. The van der Waals surface area contributed by atoms with Crippen molar-refractivity contribution in [3.8, 4) is 16.9 Å². The van der Waals surface area contributed by atoms with Gasteiger partial charge in [0.25, 0.3) is 0 Å². The van der Waals surface area contributed by atoms with Crippen LogP contribution in [0.5, 0.6) is 5.75 Å². The standard InChI is InChI=1S/C31H37N3O5S/c1-4-7-16-29-32-26-13-11-14-27(33-40(36,37)21-8-5-2)30(26)34(29)22-23-17-19-24(20-18-23)25-12-9-10-15-28(25)39-31(35)38-6-3/h9-15,17-20,33H,4-8,16,21-22H2,1-3H3. The Morgan fingerprint density at radius 3 is 2.40 bits per heavy atom. The SMILES string of the molecule is CCCCc1nc2cccc(NS(=O)(=O)CCCC)c2n1Cc1ccc(-c2ccccc2OC(=O)OCC)cc1. The van der Waals surface area contributed by atoms with Gasteiger partial charge in [0.2, 0.25) is 10.0 Å². The number of ether oxygens (including phenoxy) is 2. The van der Waals surface area contributed by atoms with Gasteiger partial charge in [-0.1, -0.05) is 75.2 Å². The molecule has 8 nitrogen and oxygen atoms in total. The van der Waals surface area contributed by atoms with E-state index in [1.54, 1.807) is 19.1 Å². The maximum absolute atomic E-state index is 12.8. The summed E-state index contributed by atoms with van der Waals surface area (Å²) in [6.07, 6.45) is 3.48. The van der Waals surface area contributed by atoms with Crippen molar-refractivity contribution in [2.24, 2.45) is 0 Å². The number of nitrogens with one attached hydrogen (secondary N) is 1. The Hall–Kier alpha value is -3.85. The fraction of sp³-hybridized carbons (Fsp3) is 0.355. The zero-order valence-corrected chi connectivity index (χ0v) is 24.2. The van der Waals surface area contributed by atoms with Crippen molar-refractivity contribution in [2.75, 3.05) is 17.1 Å². The van der Waals surface area contributed by atoms with Crippen LogP contribution in [0, 0.1) is 0 Å². The monoisotopic (exact) mass is 563 g/mol. The number of rotatable bonds is 13. The molecule has 0 saturated carbocycles. The maximum Gasteiger partial charge on any atom is 0.513 e. The van der Waals surface area contributed by atoms with Gasteiger partial charge in [-0.25, -0.2) is 18.2 Å². The molecular formula is C31H37N3O5S. The second kappa shape index (κ2) is 13.5. The number of anilines is 1. The van der Waals surface area contributed by atoms with E-state index in [0.29, 0.717) is 24.4 Å². The van der Waals surface area contributed by atoms with Crippen LogP contribution in [0.4, 0.5) is 10.5 Å². The first kappa shape index (κ1) is 29.1. The Labute approximate surface area is 236 Å². The second-order valence-corrected chi connectivity index (χ2v) is 11.5. The lowest BCUT2D eigenvalue weighted by Crippen LogP contribution is -2.17. The number of aromatic nitrogens is 2. The average molecular weight is 564 g/mol. The largest absolute Gasteiger partial charge is 0.513 e. The fourth-order valence-corrected chi connectivity index (χ4v) is 5.84. The van der Waals surface area contributed by atoms with E-state index in [9.17, 15) is 13.2 Å². The number of nitrogens with zero attached hydrogens (tertiary/aromatic N) is 2. The van der Waals surface area contributed by atoms with E-state index in [-0.39, 0.29) is 12.4 Å². The summed E-state index contributed by atoms with van der Waals surface area (Å²) in [6, 6.07) is 20.9. The van der Waals surface area contributed by atoms with Gasteiger partial charge < -0.3 is 14.0 Å². The molecule has 1 heterocycles. The van der Waals surface area contributed by atoms with Crippen molar-refractivity contribution in [3.05, 3.63) is 78.1 Å². The number of para-hydroxylation sites is 2. The van der Waals surface area contributed by atoms with Crippen molar-refractivity contribution in [1.82, 2.24) is 9.55 Å². The Bertz CT molecular complexity index is 1550. The first-order valence-corrected chi connectivity index (χ1v) is 15.5. The van der Waals surface area contributed by atoms with Crippen LogP contribution in [-0.2, 0) is 27.7 Å². The van der Waals surface area contributed by atoms with E-state index in [1.807, 2.05) is 61.5 Å². The summed E-state index contributed by atoms with van der Waals surface area (Å²) in [5, 5.41) is 0.